The quantitative estimate of drug-likeness (QED) is 0.460. The highest BCUT2D eigenvalue weighted by Crippen LogP contribution is 2.21. The third kappa shape index (κ3) is 8.09. The van der Waals surface area contributed by atoms with E-state index in [2.05, 4.69) is 30.0 Å². The van der Waals surface area contributed by atoms with E-state index in [1.807, 2.05) is 24.3 Å². The predicted octanol–water partition coefficient (Wildman–Crippen LogP) is 3.50. The molecule has 0 aromatic heterocycles. The Labute approximate surface area is 180 Å². The zero-order valence-electron chi connectivity index (χ0n) is 16.3. The SMILES string of the molecule is CCC(C)c1ccc(OCC(=O)NNC(=S)NC(=O)Cc2ccc(Cl)cc2)cc1. The van der Waals surface area contributed by atoms with Gasteiger partial charge in [-0.2, -0.15) is 0 Å². The first-order valence-electron chi connectivity index (χ1n) is 9.23. The van der Waals surface area contributed by atoms with Crippen LogP contribution in [0, 0.1) is 0 Å². The first kappa shape index (κ1) is 22.6. The molecular formula is C21H24ClN3O3S. The number of carbonyl (C=O) groups is 2. The van der Waals surface area contributed by atoms with Gasteiger partial charge in [-0.25, -0.2) is 0 Å². The fourth-order valence-corrected chi connectivity index (χ4v) is 2.72. The summed E-state index contributed by atoms with van der Waals surface area (Å²) in [5.41, 5.74) is 6.88. The van der Waals surface area contributed by atoms with Crippen LogP contribution in [-0.2, 0) is 16.0 Å². The third-order valence-corrected chi connectivity index (χ3v) is 4.73. The highest BCUT2D eigenvalue weighted by molar-refractivity contribution is 7.80. The smallest absolute Gasteiger partial charge is 0.276 e. The van der Waals surface area contributed by atoms with Gasteiger partial charge in [0.15, 0.2) is 11.7 Å². The Morgan fingerprint density at radius 3 is 2.31 bits per heavy atom. The molecule has 0 saturated heterocycles. The number of carbonyl (C=O) groups excluding carboxylic acids is 2. The van der Waals surface area contributed by atoms with Crippen LogP contribution < -0.4 is 20.9 Å². The standard InChI is InChI=1S/C21H24ClN3O3S/c1-3-14(2)16-6-10-18(11-7-16)28-13-20(27)24-25-21(29)23-19(26)12-15-4-8-17(22)9-5-15/h4-11,14H,3,12-13H2,1-2H3,(H,24,27)(H2,23,25,26,29). The number of benzene rings is 2. The van der Waals surface area contributed by atoms with Gasteiger partial charge in [0.05, 0.1) is 6.42 Å². The van der Waals surface area contributed by atoms with Crippen molar-refractivity contribution in [2.45, 2.75) is 32.6 Å². The molecule has 0 spiro atoms. The van der Waals surface area contributed by atoms with Crippen molar-refractivity contribution in [2.24, 2.45) is 0 Å². The molecule has 2 amide bonds. The average Bonchev–Trinajstić information content (AvgIpc) is 2.72. The van der Waals surface area contributed by atoms with Crippen molar-refractivity contribution >= 4 is 40.7 Å². The molecule has 29 heavy (non-hydrogen) atoms. The van der Waals surface area contributed by atoms with Gasteiger partial charge in [0, 0.05) is 5.02 Å². The average molecular weight is 434 g/mol. The Balaban J connectivity index is 1.68. The Morgan fingerprint density at radius 1 is 1.03 bits per heavy atom. The second-order valence-electron chi connectivity index (χ2n) is 6.52. The zero-order valence-corrected chi connectivity index (χ0v) is 17.9. The van der Waals surface area contributed by atoms with Crippen LogP contribution in [0.2, 0.25) is 5.02 Å². The molecular weight excluding hydrogens is 410 g/mol. The van der Waals surface area contributed by atoms with Gasteiger partial charge in [-0.3, -0.25) is 20.4 Å². The van der Waals surface area contributed by atoms with Crippen LogP contribution >= 0.6 is 23.8 Å². The third-order valence-electron chi connectivity index (χ3n) is 4.28. The minimum atomic E-state index is -0.426. The topological polar surface area (TPSA) is 79.5 Å². The van der Waals surface area contributed by atoms with Crippen molar-refractivity contribution in [3.05, 3.63) is 64.7 Å². The molecule has 1 atom stereocenters. The fraction of sp³-hybridized carbons (Fsp3) is 0.286. The van der Waals surface area contributed by atoms with Gasteiger partial charge in [-0.15, -0.1) is 0 Å². The second-order valence-corrected chi connectivity index (χ2v) is 7.37. The first-order chi connectivity index (χ1) is 13.9. The molecule has 1 unspecified atom stereocenters. The van der Waals surface area contributed by atoms with Crippen molar-refractivity contribution < 1.29 is 14.3 Å². The van der Waals surface area contributed by atoms with Gasteiger partial charge in [-0.1, -0.05) is 49.7 Å². The Hall–Kier alpha value is -2.64. The largest absolute Gasteiger partial charge is 0.484 e. The number of thiocarbonyl (C=S) groups is 1. The molecule has 0 aliphatic heterocycles. The maximum Gasteiger partial charge on any atom is 0.276 e. The Bertz CT molecular complexity index is 841. The summed E-state index contributed by atoms with van der Waals surface area (Å²) in [6, 6.07) is 14.6. The van der Waals surface area contributed by atoms with Crippen LogP contribution in [0.5, 0.6) is 5.75 Å². The lowest BCUT2D eigenvalue weighted by Crippen LogP contribution is -2.49. The number of amides is 2. The van der Waals surface area contributed by atoms with Crippen LogP contribution in [0.25, 0.3) is 0 Å². The van der Waals surface area contributed by atoms with Crippen molar-refractivity contribution in [1.82, 2.24) is 16.2 Å². The van der Waals surface area contributed by atoms with E-state index >= 15 is 0 Å². The summed E-state index contributed by atoms with van der Waals surface area (Å²) >= 11 is 10.8. The van der Waals surface area contributed by atoms with Crippen LogP contribution in [0.1, 0.15) is 37.3 Å². The summed E-state index contributed by atoms with van der Waals surface area (Å²) in [4.78, 5) is 23.8. The van der Waals surface area contributed by atoms with E-state index in [0.29, 0.717) is 16.7 Å². The number of halogens is 1. The molecule has 154 valence electrons. The molecule has 6 nitrogen and oxygen atoms in total. The molecule has 0 heterocycles. The maximum absolute atomic E-state index is 12.0. The van der Waals surface area contributed by atoms with Crippen LogP contribution in [-0.4, -0.2) is 23.5 Å². The minimum absolute atomic E-state index is 0.00443. The summed E-state index contributed by atoms with van der Waals surface area (Å²) < 4.78 is 5.44. The minimum Gasteiger partial charge on any atom is -0.484 e. The summed E-state index contributed by atoms with van der Waals surface area (Å²) in [7, 11) is 0. The van der Waals surface area contributed by atoms with Gasteiger partial charge < -0.3 is 10.1 Å². The van der Waals surface area contributed by atoms with Gasteiger partial charge in [0.25, 0.3) is 5.91 Å². The lowest BCUT2D eigenvalue weighted by molar-refractivity contribution is -0.124. The Morgan fingerprint density at radius 2 is 1.69 bits per heavy atom. The van der Waals surface area contributed by atoms with Gasteiger partial charge in [-0.05, 0) is 59.9 Å². The highest BCUT2D eigenvalue weighted by atomic mass is 35.5. The zero-order chi connectivity index (χ0) is 21.2. The number of hydrogen-bond donors (Lipinski definition) is 3. The van der Waals surface area contributed by atoms with E-state index in [9.17, 15) is 9.59 Å². The summed E-state index contributed by atoms with van der Waals surface area (Å²) in [6.07, 6.45) is 1.20. The van der Waals surface area contributed by atoms with Crippen molar-refractivity contribution in [2.75, 3.05) is 6.61 Å². The number of hydrazine groups is 1. The first-order valence-corrected chi connectivity index (χ1v) is 10.0. The normalized spacial score (nSPS) is 11.3. The van der Waals surface area contributed by atoms with Gasteiger partial charge >= 0.3 is 0 Å². The van der Waals surface area contributed by atoms with Crippen molar-refractivity contribution in [1.29, 1.82) is 0 Å². The second kappa shape index (κ2) is 11.4. The maximum atomic E-state index is 12.0. The number of hydrogen-bond acceptors (Lipinski definition) is 4. The highest BCUT2D eigenvalue weighted by Gasteiger charge is 2.08. The summed E-state index contributed by atoms with van der Waals surface area (Å²) in [6.45, 7) is 4.11. The fourth-order valence-electron chi connectivity index (χ4n) is 2.43. The molecule has 8 heteroatoms. The van der Waals surface area contributed by atoms with Crippen LogP contribution in [0.15, 0.2) is 48.5 Å². The van der Waals surface area contributed by atoms with E-state index in [1.54, 1.807) is 24.3 Å². The molecule has 0 bridgehead atoms. The van der Waals surface area contributed by atoms with E-state index in [4.69, 9.17) is 28.6 Å². The van der Waals surface area contributed by atoms with E-state index in [0.717, 1.165) is 12.0 Å². The van der Waals surface area contributed by atoms with Gasteiger partial charge in [0.2, 0.25) is 5.91 Å². The molecule has 0 fully saturated rings. The summed E-state index contributed by atoms with van der Waals surface area (Å²) in [5, 5.41) is 3.08. The lowest BCUT2D eigenvalue weighted by atomic mass is 9.99. The molecule has 3 N–H and O–H groups in total. The molecule has 0 radical (unpaired) electrons. The van der Waals surface area contributed by atoms with Gasteiger partial charge in [0.1, 0.15) is 5.75 Å². The molecule has 2 rings (SSSR count). The number of nitrogens with one attached hydrogen (secondary N) is 3. The van der Waals surface area contributed by atoms with E-state index in [1.165, 1.54) is 5.56 Å². The molecule has 0 saturated carbocycles. The summed E-state index contributed by atoms with van der Waals surface area (Å²) in [5.74, 6) is 0.348. The molecule has 0 aliphatic carbocycles. The van der Waals surface area contributed by atoms with Crippen molar-refractivity contribution in [3.63, 3.8) is 0 Å². The van der Waals surface area contributed by atoms with Crippen LogP contribution in [0.4, 0.5) is 0 Å². The van der Waals surface area contributed by atoms with E-state index < -0.39 is 5.91 Å². The number of ether oxygens (including phenoxy) is 1. The molecule has 2 aromatic carbocycles. The lowest BCUT2D eigenvalue weighted by Gasteiger charge is -2.12. The predicted molar refractivity (Wildman–Crippen MR) is 118 cm³/mol. The molecule has 2 aromatic rings. The molecule has 0 aliphatic rings. The number of rotatable bonds is 7. The Kier molecular flexibility index (Phi) is 8.89. The monoisotopic (exact) mass is 433 g/mol. The van der Waals surface area contributed by atoms with E-state index in [-0.39, 0.29) is 24.0 Å². The van der Waals surface area contributed by atoms with Crippen molar-refractivity contribution in [3.8, 4) is 5.75 Å². The van der Waals surface area contributed by atoms with Crippen LogP contribution in [0.3, 0.4) is 0 Å².